The Kier molecular flexibility index (Phi) is 3.64. The predicted molar refractivity (Wildman–Crippen MR) is 76.2 cm³/mol. The van der Waals surface area contributed by atoms with Crippen LogP contribution in [0.1, 0.15) is 19.3 Å². The van der Waals surface area contributed by atoms with Gasteiger partial charge < -0.3 is 15.2 Å². The van der Waals surface area contributed by atoms with Gasteiger partial charge in [0.2, 0.25) is 0 Å². The molecule has 110 valence electrons. The lowest BCUT2D eigenvalue weighted by Crippen LogP contribution is -2.29. The molecule has 0 saturated carbocycles. The van der Waals surface area contributed by atoms with Gasteiger partial charge in [0.15, 0.2) is 5.78 Å². The van der Waals surface area contributed by atoms with Crippen LogP contribution in [-0.4, -0.2) is 29.0 Å². The fourth-order valence-electron chi connectivity index (χ4n) is 2.87. The summed E-state index contributed by atoms with van der Waals surface area (Å²) in [5, 5.41) is 11.7. The number of ether oxygens (including phenoxy) is 1. The first-order valence-electron chi connectivity index (χ1n) is 7.05. The highest BCUT2D eigenvalue weighted by molar-refractivity contribution is 5.87. The highest BCUT2D eigenvalue weighted by Crippen LogP contribution is 2.37. The van der Waals surface area contributed by atoms with Crippen molar-refractivity contribution in [2.24, 2.45) is 5.92 Å². The molecule has 3 unspecified atom stereocenters. The second-order valence-corrected chi connectivity index (χ2v) is 5.42. The van der Waals surface area contributed by atoms with E-state index in [4.69, 9.17) is 9.84 Å². The molecule has 2 aliphatic heterocycles. The van der Waals surface area contributed by atoms with Gasteiger partial charge in [-0.15, -0.1) is 0 Å². The van der Waals surface area contributed by atoms with E-state index in [2.05, 4.69) is 11.4 Å². The smallest absolute Gasteiger partial charge is 0.303 e. The summed E-state index contributed by atoms with van der Waals surface area (Å²) in [5.74, 6) is -0.793. The fraction of sp³-hybridized carbons (Fsp3) is 0.375. The zero-order chi connectivity index (χ0) is 14.8. The second kappa shape index (κ2) is 5.60. The number of Topliss-reactive ketones (excluding diaryl/α,β-unsaturated/α-hetero) is 1. The third kappa shape index (κ3) is 2.77. The molecular weight excluding hydrogens is 270 g/mol. The molecule has 2 heterocycles. The molecule has 3 rings (SSSR count). The van der Waals surface area contributed by atoms with Crippen molar-refractivity contribution in [1.29, 1.82) is 0 Å². The quantitative estimate of drug-likeness (QED) is 0.805. The third-order valence-electron chi connectivity index (χ3n) is 4.02. The van der Waals surface area contributed by atoms with Crippen LogP contribution in [0.25, 0.3) is 0 Å². The number of hydrogen-bond acceptors (Lipinski definition) is 4. The summed E-state index contributed by atoms with van der Waals surface area (Å²) in [7, 11) is 0. The number of aliphatic carboxylic acids is 1. The molecule has 21 heavy (non-hydrogen) atoms. The predicted octanol–water partition coefficient (Wildman–Crippen LogP) is 1.69. The van der Waals surface area contributed by atoms with Gasteiger partial charge >= 0.3 is 5.97 Å². The van der Waals surface area contributed by atoms with Crippen molar-refractivity contribution in [2.75, 3.05) is 0 Å². The zero-order valence-electron chi connectivity index (χ0n) is 11.5. The first kappa shape index (κ1) is 13.7. The summed E-state index contributed by atoms with van der Waals surface area (Å²) in [6, 6.07) is -0.317. The summed E-state index contributed by atoms with van der Waals surface area (Å²) in [6.45, 7) is 0. The molecular formula is C16H17NO4. The van der Waals surface area contributed by atoms with Crippen molar-refractivity contribution < 1.29 is 19.4 Å². The Morgan fingerprint density at radius 1 is 1.29 bits per heavy atom. The van der Waals surface area contributed by atoms with Gasteiger partial charge in [-0.2, -0.15) is 0 Å². The number of carboxylic acid groups (broad SMARTS) is 1. The van der Waals surface area contributed by atoms with Crippen molar-refractivity contribution in [2.45, 2.75) is 31.4 Å². The number of allylic oxidation sites excluding steroid dienone is 2. The lowest BCUT2D eigenvalue weighted by Gasteiger charge is -2.18. The molecule has 0 aromatic heterocycles. The number of carboxylic acids is 1. The molecule has 5 heteroatoms. The number of hydrogen-bond donors (Lipinski definition) is 2. The van der Waals surface area contributed by atoms with E-state index in [1.165, 1.54) is 0 Å². The molecule has 0 aromatic rings. The standard InChI is InChI=1S/C16H17NO4/c18-14(5-6-16(19)20)13-7-10(8-17-13)12-9-21-15-4-2-1-3-11(12)15/h1-4,8-9,11,13,15,17H,5-7H2,(H,19,20). The molecule has 3 aliphatic rings. The van der Waals surface area contributed by atoms with E-state index in [9.17, 15) is 9.59 Å². The fourth-order valence-corrected chi connectivity index (χ4v) is 2.87. The SMILES string of the molecule is O=C(O)CCC(=O)C1CC(C2=COC3C=CC=CC23)=CN1. The number of fused-ring (bicyclic) bond motifs is 1. The monoisotopic (exact) mass is 287 g/mol. The van der Waals surface area contributed by atoms with Crippen LogP contribution in [0.5, 0.6) is 0 Å². The number of ketones is 1. The Hall–Kier alpha value is -2.30. The zero-order valence-corrected chi connectivity index (χ0v) is 11.5. The van der Waals surface area contributed by atoms with E-state index in [1.54, 1.807) is 6.26 Å². The minimum Gasteiger partial charge on any atom is -0.493 e. The van der Waals surface area contributed by atoms with Crippen molar-refractivity contribution in [1.82, 2.24) is 5.32 Å². The first-order valence-corrected chi connectivity index (χ1v) is 7.05. The van der Waals surface area contributed by atoms with Gasteiger partial charge in [0.1, 0.15) is 6.10 Å². The van der Waals surface area contributed by atoms with Gasteiger partial charge in [-0.25, -0.2) is 0 Å². The van der Waals surface area contributed by atoms with Crippen LogP contribution in [0.3, 0.4) is 0 Å². The van der Waals surface area contributed by atoms with Gasteiger partial charge in [0.05, 0.1) is 18.7 Å². The lowest BCUT2D eigenvalue weighted by molar-refractivity contribution is -0.138. The Morgan fingerprint density at radius 2 is 2.10 bits per heavy atom. The highest BCUT2D eigenvalue weighted by atomic mass is 16.5. The van der Waals surface area contributed by atoms with Gasteiger partial charge in [-0.05, 0) is 11.6 Å². The summed E-state index contributed by atoms with van der Waals surface area (Å²) >= 11 is 0. The minimum atomic E-state index is -0.941. The Bertz CT molecular complexity index is 585. The van der Waals surface area contributed by atoms with E-state index in [0.717, 1.165) is 11.1 Å². The largest absolute Gasteiger partial charge is 0.493 e. The first-order chi connectivity index (χ1) is 10.1. The molecule has 0 bridgehead atoms. The van der Waals surface area contributed by atoms with Crippen LogP contribution in [-0.2, 0) is 14.3 Å². The minimum absolute atomic E-state index is 0.0488. The molecule has 5 nitrogen and oxygen atoms in total. The van der Waals surface area contributed by atoms with Crippen LogP contribution in [0, 0.1) is 5.92 Å². The Balaban J connectivity index is 1.60. The maximum absolute atomic E-state index is 12.0. The molecule has 0 saturated heterocycles. The second-order valence-electron chi connectivity index (χ2n) is 5.42. The molecule has 0 spiro atoms. The maximum Gasteiger partial charge on any atom is 0.303 e. The summed E-state index contributed by atoms with van der Waals surface area (Å²) in [5.41, 5.74) is 2.16. The molecule has 0 aromatic carbocycles. The van der Waals surface area contributed by atoms with E-state index >= 15 is 0 Å². The molecule has 0 fully saturated rings. The van der Waals surface area contributed by atoms with E-state index < -0.39 is 5.97 Å². The van der Waals surface area contributed by atoms with Gasteiger partial charge in [0, 0.05) is 30.5 Å². The van der Waals surface area contributed by atoms with E-state index in [-0.39, 0.29) is 36.7 Å². The normalized spacial score (nSPS) is 29.2. The highest BCUT2D eigenvalue weighted by Gasteiger charge is 2.34. The van der Waals surface area contributed by atoms with Crippen LogP contribution < -0.4 is 5.32 Å². The van der Waals surface area contributed by atoms with Gasteiger partial charge in [0.25, 0.3) is 0 Å². The Labute approximate surface area is 122 Å². The Morgan fingerprint density at radius 3 is 2.90 bits per heavy atom. The molecule has 1 aliphatic carbocycles. The lowest BCUT2D eigenvalue weighted by atomic mass is 9.86. The molecule has 0 radical (unpaired) electrons. The van der Waals surface area contributed by atoms with Crippen molar-refractivity contribution in [3.63, 3.8) is 0 Å². The summed E-state index contributed by atoms with van der Waals surface area (Å²) in [6.07, 6.45) is 12.3. The molecule has 0 amide bonds. The summed E-state index contributed by atoms with van der Waals surface area (Å²) in [4.78, 5) is 22.5. The summed E-state index contributed by atoms with van der Waals surface area (Å²) < 4.78 is 5.63. The number of carbonyl (C=O) groups is 2. The van der Waals surface area contributed by atoms with Gasteiger partial charge in [-0.3, -0.25) is 9.59 Å². The average Bonchev–Trinajstić information content (AvgIpc) is 3.10. The van der Waals surface area contributed by atoms with Crippen LogP contribution in [0.2, 0.25) is 0 Å². The van der Waals surface area contributed by atoms with E-state index in [1.807, 2.05) is 24.4 Å². The molecule has 2 N–H and O–H groups in total. The topological polar surface area (TPSA) is 75.6 Å². The van der Waals surface area contributed by atoms with Crippen LogP contribution in [0.15, 0.2) is 47.9 Å². The van der Waals surface area contributed by atoms with Crippen LogP contribution >= 0.6 is 0 Å². The van der Waals surface area contributed by atoms with E-state index in [0.29, 0.717) is 6.42 Å². The maximum atomic E-state index is 12.0. The third-order valence-corrected chi connectivity index (χ3v) is 4.02. The number of nitrogens with one attached hydrogen (secondary N) is 1. The van der Waals surface area contributed by atoms with Crippen molar-refractivity contribution >= 4 is 11.8 Å². The number of carbonyl (C=O) groups excluding carboxylic acids is 1. The van der Waals surface area contributed by atoms with Gasteiger partial charge in [-0.1, -0.05) is 18.2 Å². The van der Waals surface area contributed by atoms with Crippen LogP contribution in [0.4, 0.5) is 0 Å². The van der Waals surface area contributed by atoms with Crippen molar-refractivity contribution in [3.8, 4) is 0 Å². The average molecular weight is 287 g/mol. The van der Waals surface area contributed by atoms with Crippen molar-refractivity contribution in [3.05, 3.63) is 47.9 Å². The number of rotatable bonds is 5. The molecule has 3 atom stereocenters.